The molecule has 21 heavy (non-hydrogen) atoms. The zero-order chi connectivity index (χ0) is 15.5. The van der Waals surface area contributed by atoms with Gasteiger partial charge in [0, 0.05) is 11.3 Å². The van der Waals surface area contributed by atoms with Gasteiger partial charge in [0.2, 0.25) is 9.84 Å². The summed E-state index contributed by atoms with van der Waals surface area (Å²) >= 11 is 1.83. The second-order valence-electron chi connectivity index (χ2n) is 4.98. The van der Waals surface area contributed by atoms with Crippen molar-refractivity contribution in [2.24, 2.45) is 0 Å². The number of anilines is 1. The fourth-order valence-electron chi connectivity index (χ4n) is 2.63. The monoisotopic (exact) mass is 335 g/mol. The molecule has 0 heterocycles. The lowest BCUT2D eigenvalue weighted by molar-refractivity contribution is 0.235. The first kappa shape index (κ1) is 16.5. The van der Waals surface area contributed by atoms with E-state index >= 15 is 0 Å². The van der Waals surface area contributed by atoms with Crippen molar-refractivity contribution in [3.63, 3.8) is 0 Å². The van der Waals surface area contributed by atoms with Crippen LogP contribution in [0.25, 0.3) is 0 Å². The summed E-state index contributed by atoms with van der Waals surface area (Å²) < 4.78 is 49.0. The molecular weight excluding hydrogens is 316 g/mol. The van der Waals surface area contributed by atoms with Crippen molar-refractivity contribution < 1.29 is 17.2 Å². The number of halogens is 2. The van der Waals surface area contributed by atoms with Gasteiger partial charge in [0.05, 0.1) is 10.6 Å². The third-order valence-corrected chi connectivity index (χ3v) is 6.37. The molecule has 1 N–H and O–H groups in total. The number of sulfone groups is 1. The maximum atomic E-state index is 12.8. The molecule has 7 heteroatoms. The predicted octanol–water partition coefficient (Wildman–Crippen LogP) is 3.77. The van der Waals surface area contributed by atoms with Crippen LogP contribution in [0.3, 0.4) is 0 Å². The Morgan fingerprint density at radius 3 is 2.71 bits per heavy atom. The summed E-state index contributed by atoms with van der Waals surface area (Å²) in [6, 6.07) is 6.04. The summed E-state index contributed by atoms with van der Waals surface area (Å²) in [5.41, 5.74) is 0.284. The summed E-state index contributed by atoms with van der Waals surface area (Å²) in [4.78, 5) is -0.313. The molecule has 1 saturated carbocycles. The molecule has 1 aromatic rings. The van der Waals surface area contributed by atoms with E-state index < -0.39 is 15.6 Å². The minimum Gasteiger partial charge on any atom is -0.380 e. The van der Waals surface area contributed by atoms with Gasteiger partial charge in [-0.05, 0) is 30.7 Å². The number of rotatable bonds is 6. The average Bonchev–Trinajstić information content (AvgIpc) is 2.87. The van der Waals surface area contributed by atoms with Crippen LogP contribution in [0.15, 0.2) is 29.2 Å². The molecule has 1 aliphatic carbocycles. The molecular formula is C14H19F2NO2S2. The van der Waals surface area contributed by atoms with Crippen LogP contribution in [0, 0.1) is 0 Å². The Balaban J connectivity index is 2.25. The topological polar surface area (TPSA) is 46.2 Å². The smallest absolute Gasteiger partial charge is 0.341 e. The number of nitrogens with one attached hydrogen (secondary N) is 1. The molecule has 3 nitrogen and oxygen atoms in total. The predicted molar refractivity (Wildman–Crippen MR) is 82.8 cm³/mol. The summed E-state index contributed by atoms with van der Waals surface area (Å²) in [7, 11) is -4.58. The molecule has 0 saturated heterocycles. The number of hydrogen-bond acceptors (Lipinski definition) is 4. The lowest BCUT2D eigenvalue weighted by Crippen LogP contribution is -2.27. The highest BCUT2D eigenvalue weighted by molar-refractivity contribution is 7.99. The SMILES string of the molecule is CCSC1CCCC1Nc1ccccc1S(=O)(=O)C(F)F. The van der Waals surface area contributed by atoms with Crippen LogP contribution in [0.2, 0.25) is 0 Å². The molecule has 118 valence electrons. The fraction of sp³-hybridized carbons (Fsp3) is 0.571. The van der Waals surface area contributed by atoms with E-state index in [2.05, 4.69) is 12.2 Å². The molecule has 0 aromatic heterocycles. The van der Waals surface area contributed by atoms with Gasteiger partial charge in [-0.15, -0.1) is 0 Å². The van der Waals surface area contributed by atoms with Gasteiger partial charge < -0.3 is 5.32 Å². The Hall–Kier alpha value is -0.820. The Labute approximate surface area is 128 Å². The largest absolute Gasteiger partial charge is 0.380 e. The summed E-state index contributed by atoms with van der Waals surface area (Å²) in [5, 5.41) is 3.57. The molecule has 0 bridgehead atoms. The lowest BCUT2D eigenvalue weighted by atomic mass is 10.2. The summed E-state index contributed by atoms with van der Waals surface area (Å²) in [5.74, 6) is -2.41. The van der Waals surface area contributed by atoms with Crippen molar-refractivity contribution in [3.05, 3.63) is 24.3 Å². The normalized spacial score (nSPS) is 22.7. The molecule has 1 aromatic carbocycles. The maximum Gasteiger partial charge on any atom is 0.341 e. The first-order valence-electron chi connectivity index (χ1n) is 6.96. The van der Waals surface area contributed by atoms with Gasteiger partial charge in [-0.1, -0.05) is 25.5 Å². The van der Waals surface area contributed by atoms with E-state index in [-0.39, 0.29) is 16.6 Å². The zero-order valence-corrected chi connectivity index (χ0v) is 13.4. The van der Waals surface area contributed by atoms with E-state index in [0.717, 1.165) is 25.0 Å². The molecule has 0 radical (unpaired) electrons. The van der Waals surface area contributed by atoms with Crippen LogP contribution in [-0.2, 0) is 9.84 Å². The molecule has 1 aliphatic rings. The minimum atomic E-state index is -4.58. The number of para-hydroxylation sites is 1. The van der Waals surface area contributed by atoms with Gasteiger partial charge in [0.15, 0.2) is 0 Å². The van der Waals surface area contributed by atoms with E-state index in [4.69, 9.17) is 0 Å². The molecule has 2 atom stereocenters. The van der Waals surface area contributed by atoms with Gasteiger partial charge in [-0.3, -0.25) is 0 Å². The van der Waals surface area contributed by atoms with Crippen LogP contribution >= 0.6 is 11.8 Å². The van der Waals surface area contributed by atoms with Crippen molar-refractivity contribution in [2.75, 3.05) is 11.1 Å². The highest BCUT2D eigenvalue weighted by Crippen LogP contribution is 2.34. The van der Waals surface area contributed by atoms with Gasteiger partial charge in [0.25, 0.3) is 0 Å². The van der Waals surface area contributed by atoms with Crippen molar-refractivity contribution in [2.45, 2.75) is 48.1 Å². The lowest BCUT2D eigenvalue weighted by Gasteiger charge is -2.22. The Bertz CT molecular complexity index is 578. The van der Waals surface area contributed by atoms with E-state index in [1.54, 1.807) is 12.1 Å². The summed E-state index contributed by atoms with van der Waals surface area (Å²) in [6.07, 6.45) is 3.07. The van der Waals surface area contributed by atoms with Crippen LogP contribution in [-0.4, -0.2) is 31.2 Å². The zero-order valence-electron chi connectivity index (χ0n) is 11.8. The minimum absolute atomic E-state index is 0.129. The highest BCUT2D eigenvalue weighted by atomic mass is 32.2. The van der Waals surface area contributed by atoms with Gasteiger partial charge in [-0.2, -0.15) is 20.5 Å². The van der Waals surface area contributed by atoms with E-state index in [1.807, 2.05) is 11.8 Å². The third-order valence-electron chi connectivity index (χ3n) is 3.60. The Kier molecular flexibility index (Phi) is 5.48. The maximum absolute atomic E-state index is 12.8. The first-order valence-corrected chi connectivity index (χ1v) is 9.55. The molecule has 2 unspecified atom stereocenters. The van der Waals surface area contributed by atoms with Gasteiger partial charge in [0.1, 0.15) is 0 Å². The van der Waals surface area contributed by atoms with E-state index in [9.17, 15) is 17.2 Å². The van der Waals surface area contributed by atoms with Crippen LogP contribution < -0.4 is 5.32 Å². The number of hydrogen-bond donors (Lipinski definition) is 1. The standard InChI is InChI=1S/C14H19F2NO2S2/c1-2-20-12-8-5-7-10(12)17-11-6-3-4-9-13(11)21(18,19)14(15)16/h3-4,6,9-10,12,14,17H,2,5,7-8H2,1H3. The number of thioether (sulfide) groups is 1. The molecule has 1 fully saturated rings. The second kappa shape index (κ2) is 6.96. The molecule has 0 spiro atoms. The number of alkyl halides is 2. The Morgan fingerprint density at radius 1 is 1.33 bits per heavy atom. The van der Waals surface area contributed by atoms with Crippen LogP contribution in [0.5, 0.6) is 0 Å². The third kappa shape index (κ3) is 3.69. The van der Waals surface area contributed by atoms with Crippen molar-refractivity contribution >= 4 is 27.3 Å². The van der Waals surface area contributed by atoms with E-state index in [1.165, 1.54) is 12.1 Å². The van der Waals surface area contributed by atoms with Gasteiger partial charge >= 0.3 is 5.76 Å². The van der Waals surface area contributed by atoms with Crippen molar-refractivity contribution in [3.8, 4) is 0 Å². The Morgan fingerprint density at radius 2 is 2.05 bits per heavy atom. The highest BCUT2D eigenvalue weighted by Gasteiger charge is 2.32. The first-order chi connectivity index (χ1) is 9.96. The van der Waals surface area contributed by atoms with Crippen molar-refractivity contribution in [1.82, 2.24) is 0 Å². The molecule has 2 rings (SSSR count). The van der Waals surface area contributed by atoms with Gasteiger partial charge in [-0.25, -0.2) is 8.42 Å². The van der Waals surface area contributed by atoms with Crippen LogP contribution in [0.1, 0.15) is 26.2 Å². The van der Waals surface area contributed by atoms with E-state index in [0.29, 0.717) is 5.25 Å². The fourth-order valence-corrected chi connectivity index (χ4v) is 4.73. The second-order valence-corrected chi connectivity index (χ2v) is 8.38. The summed E-state index contributed by atoms with van der Waals surface area (Å²) in [6.45, 7) is 2.08. The van der Waals surface area contributed by atoms with Crippen LogP contribution in [0.4, 0.5) is 14.5 Å². The number of benzene rings is 1. The quantitative estimate of drug-likeness (QED) is 0.859. The molecule has 0 amide bonds. The average molecular weight is 335 g/mol. The van der Waals surface area contributed by atoms with Crippen molar-refractivity contribution in [1.29, 1.82) is 0 Å². The molecule has 0 aliphatic heterocycles.